The molecule has 6 heteroatoms. The van der Waals surface area contributed by atoms with Gasteiger partial charge >= 0.3 is 0 Å². The zero-order valence-electron chi connectivity index (χ0n) is 20.3. The van der Waals surface area contributed by atoms with Crippen LogP contribution in [0.15, 0.2) is 94.6 Å². The van der Waals surface area contributed by atoms with E-state index in [2.05, 4.69) is 20.8 Å². The molecular weight excluding hydrogens is 457 g/mol. The molecule has 2 heterocycles. The third-order valence-electron chi connectivity index (χ3n) is 6.56. The first kappa shape index (κ1) is 23.5. The van der Waals surface area contributed by atoms with Crippen LogP contribution in [0, 0.1) is 5.82 Å². The molecule has 0 radical (unpaired) electrons. The Kier molecular flexibility index (Phi) is 5.75. The van der Waals surface area contributed by atoms with Crippen molar-refractivity contribution in [3.63, 3.8) is 0 Å². The number of halogens is 1. The van der Waals surface area contributed by atoms with Crippen molar-refractivity contribution in [2.24, 2.45) is 0 Å². The van der Waals surface area contributed by atoms with Crippen LogP contribution in [0.4, 0.5) is 4.39 Å². The van der Waals surface area contributed by atoms with E-state index in [1.165, 1.54) is 17.0 Å². The number of ketones is 1. The summed E-state index contributed by atoms with van der Waals surface area (Å²) in [4.78, 5) is 28.4. The lowest BCUT2D eigenvalue weighted by Crippen LogP contribution is -2.30. The van der Waals surface area contributed by atoms with Crippen molar-refractivity contribution in [3.8, 4) is 0 Å². The number of rotatable bonds is 5. The average molecular weight is 484 g/mol. The number of aliphatic hydroxyl groups excluding tert-OH is 1. The van der Waals surface area contributed by atoms with E-state index < -0.39 is 23.5 Å². The largest absolute Gasteiger partial charge is 0.503 e. The van der Waals surface area contributed by atoms with E-state index in [9.17, 15) is 19.1 Å². The van der Waals surface area contributed by atoms with E-state index in [4.69, 9.17) is 4.42 Å². The number of hydrogen-bond donors (Lipinski definition) is 1. The molecule has 0 saturated heterocycles. The Labute approximate surface area is 208 Å². The Hall–Kier alpha value is -4.19. The minimum atomic E-state index is -0.836. The van der Waals surface area contributed by atoms with Crippen molar-refractivity contribution in [1.29, 1.82) is 0 Å². The van der Waals surface area contributed by atoms with Crippen LogP contribution in [0.3, 0.4) is 0 Å². The zero-order valence-corrected chi connectivity index (χ0v) is 20.3. The summed E-state index contributed by atoms with van der Waals surface area (Å²) in [6.07, 6.45) is 0. The molecule has 1 amide bonds. The maximum atomic E-state index is 13.7. The van der Waals surface area contributed by atoms with Crippen molar-refractivity contribution in [2.75, 3.05) is 0 Å². The molecule has 4 aromatic rings. The molecule has 0 bridgehead atoms. The van der Waals surface area contributed by atoms with Gasteiger partial charge < -0.3 is 14.4 Å². The number of carbonyl (C=O) groups excluding carboxylic acids is 2. The molecule has 0 aliphatic carbocycles. The van der Waals surface area contributed by atoms with Crippen LogP contribution in [0.5, 0.6) is 0 Å². The number of carbonyl (C=O) groups is 2. The molecule has 0 fully saturated rings. The van der Waals surface area contributed by atoms with Crippen molar-refractivity contribution < 1.29 is 23.5 Å². The monoisotopic (exact) mass is 483 g/mol. The van der Waals surface area contributed by atoms with E-state index >= 15 is 0 Å². The van der Waals surface area contributed by atoms with Gasteiger partial charge in [-0.1, -0.05) is 75.4 Å². The molecule has 1 aromatic heterocycles. The van der Waals surface area contributed by atoms with Crippen molar-refractivity contribution >= 4 is 22.7 Å². The Bertz CT molecular complexity index is 1460. The van der Waals surface area contributed by atoms with Crippen molar-refractivity contribution in [3.05, 3.63) is 118 Å². The van der Waals surface area contributed by atoms with Crippen LogP contribution in [-0.4, -0.2) is 21.7 Å². The van der Waals surface area contributed by atoms with Crippen LogP contribution in [-0.2, 0) is 16.8 Å². The lowest BCUT2D eigenvalue weighted by Gasteiger charge is -2.27. The third-order valence-corrected chi connectivity index (χ3v) is 6.56. The van der Waals surface area contributed by atoms with E-state index in [1.807, 2.05) is 36.4 Å². The number of Topliss-reactive ketones (excluding diaryl/α,β-unsaturated/α-hetero) is 1. The summed E-state index contributed by atoms with van der Waals surface area (Å²) in [5.74, 6) is -2.16. The van der Waals surface area contributed by atoms with Gasteiger partial charge in [-0.3, -0.25) is 9.59 Å². The Morgan fingerprint density at radius 1 is 1.00 bits per heavy atom. The molecule has 0 saturated carbocycles. The van der Waals surface area contributed by atoms with Gasteiger partial charge in [0.1, 0.15) is 11.4 Å². The summed E-state index contributed by atoms with van der Waals surface area (Å²) >= 11 is 0. The highest BCUT2D eigenvalue weighted by Gasteiger charge is 2.44. The van der Waals surface area contributed by atoms with E-state index in [-0.39, 0.29) is 29.1 Å². The fourth-order valence-electron chi connectivity index (χ4n) is 4.57. The van der Waals surface area contributed by atoms with Gasteiger partial charge in [-0.2, -0.15) is 0 Å². The average Bonchev–Trinajstić information content (AvgIpc) is 3.39. The summed E-state index contributed by atoms with van der Waals surface area (Å²) in [6, 6.07) is 21.5. The van der Waals surface area contributed by atoms with Crippen LogP contribution in [0.25, 0.3) is 11.0 Å². The normalized spacial score (nSPS) is 16.3. The molecule has 5 nitrogen and oxygen atoms in total. The summed E-state index contributed by atoms with van der Waals surface area (Å²) in [6.45, 7) is 6.39. The van der Waals surface area contributed by atoms with Gasteiger partial charge in [-0.15, -0.1) is 0 Å². The lowest BCUT2D eigenvalue weighted by atomic mass is 9.85. The molecule has 1 unspecified atom stereocenters. The Balaban J connectivity index is 1.59. The predicted octanol–water partition coefficient (Wildman–Crippen LogP) is 6.65. The molecule has 36 heavy (non-hydrogen) atoms. The van der Waals surface area contributed by atoms with Gasteiger partial charge in [0.25, 0.3) is 5.91 Å². The summed E-state index contributed by atoms with van der Waals surface area (Å²) < 4.78 is 19.2. The Morgan fingerprint density at radius 2 is 1.67 bits per heavy atom. The van der Waals surface area contributed by atoms with Crippen molar-refractivity contribution in [2.45, 2.75) is 38.8 Å². The third kappa shape index (κ3) is 4.19. The van der Waals surface area contributed by atoms with Gasteiger partial charge in [-0.25, -0.2) is 4.39 Å². The zero-order chi connectivity index (χ0) is 25.6. The minimum Gasteiger partial charge on any atom is -0.503 e. The lowest BCUT2D eigenvalue weighted by molar-refractivity contribution is -0.130. The number of furan rings is 1. The number of hydrogen-bond acceptors (Lipinski definition) is 4. The molecule has 0 spiro atoms. The molecule has 1 aliphatic rings. The standard InChI is InChI=1S/C30H26FNO4/c1-30(2,3)21-12-10-19(11-13-21)26-25(27(33)24-16-20-6-4-5-7-23(20)36-24)28(34)29(35)32(26)17-18-8-14-22(31)15-9-18/h4-16,26,34H,17H2,1-3H3. The molecule has 1 aliphatic heterocycles. The molecule has 1 N–H and O–H groups in total. The number of fused-ring (bicyclic) bond motifs is 1. The highest BCUT2D eigenvalue weighted by molar-refractivity contribution is 6.16. The first-order valence-electron chi connectivity index (χ1n) is 11.8. The van der Waals surface area contributed by atoms with E-state index in [1.54, 1.807) is 30.3 Å². The maximum Gasteiger partial charge on any atom is 0.290 e. The summed E-state index contributed by atoms with van der Waals surface area (Å²) in [7, 11) is 0. The second-order valence-corrected chi connectivity index (χ2v) is 10.1. The highest BCUT2D eigenvalue weighted by Crippen LogP contribution is 2.41. The smallest absolute Gasteiger partial charge is 0.290 e. The summed E-state index contributed by atoms with van der Waals surface area (Å²) in [5.41, 5.74) is 2.87. The number of para-hydroxylation sites is 1. The van der Waals surface area contributed by atoms with Gasteiger partial charge in [0.15, 0.2) is 11.5 Å². The quantitative estimate of drug-likeness (QED) is 0.323. The fraction of sp³-hybridized carbons (Fsp3) is 0.200. The number of amides is 1. The topological polar surface area (TPSA) is 70.7 Å². The molecule has 1 atom stereocenters. The highest BCUT2D eigenvalue weighted by atomic mass is 19.1. The molecule has 3 aromatic carbocycles. The second kappa shape index (κ2) is 8.79. The first-order valence-corrected chi connectivity index (χ1v) is 11.8. The van der Waals surface area contributed by atoms with Crippen LogP contribution >= 0.6 is 0 Å². The van der Waals surface area contributed by atoms with Crippen LogP contribution < -0.4 is 0 Å². The molecule has 182 valence electrons. The minimum absolute atomic E-state index is 0.0373. The number of benzene rings is 3. The van der Waals surface area contributed by atoms with Crippen LogP contribution in [0.1, 0.15) is 54.1 Å². The first-order chi connectivity index (χ1) is 17.1. The van der Waals surface area contributed by atoms with Gasteiger partial charge in [0.05, 0.1) is 11.6 Å². The van der Waals surface area contributed by atoms with Gasteiger partial charge in [0.2, 0.25) is 5.78 Å². The van der Waals surface area contributed by atoms with E-state index in [0.29, 0.717) is 16.7 Å². The SMILES string of the molecule is CC(C)(C)c1ccc(C2C(C(=O)c3cc4ccccc4o3)=C(O)C(=O)N2Cc2ccc(F)cc2)cc1. The van der Waals surface area contributed by atoms with Crippen LogP contribution in [0.2, 0.25) is 0 Å². The Morgan fingerprint density at radius 3 is 2.31 bits per heavy atom. The molecule has 5 rings (SSSR count). The van der Waals surface area contributed by atoms with E-state index in [0.717, 1.165) is 10.9 Å². The molecular formula is C30H26FNO4. The predicted molar refractivity (Wildman–Crippen MR) is 135 cm³/mol. The maximum absolute atomic E-state index is 13.7. The van der Waals surface area contributed by atoms with Gasteiger partial charge in [-0.05, 0) is 46.4 Å². The second-order valence-electron chi connectivity index (χ2n) is 10.1. The fourth-order valence-corrected chi connectivity index (χ4v) is 4.57. The van der Waals surface area contributed by atoms with Gasteiger partial charge in [0, 0.05) is 11.9 Å². The summed E-state index contributed by atoms with van der Waals surface area (Å²) in [5, 5.41) is 11.7. The number of nitrogens with zero attached hydrogens (tertiary/aromatic N) is 1. The number of aliphatic hydroxyl groups is 1. The van der Waals surface area contributed by atoms with Crippen molar-refractivity contribution in [1.82, 2.24) is 4.90 Å².